The van der Waals surface area contributed by atoms with Gasteiger partial charge in [0.2, 0.25) is 11.8 Å². The molecule has 2 heterocycles. The average Bonchev–Trinajstić information content (AvgIpc) is 3.06. The van der Waals surface area contributed by atoms with Crippen molar-refractivity contribution in [3.63, 3.8) is 0 Å². The lowest BCUT2D eigenvalue weighted by Crippen LogP contribution is -2.23. The van der Waals surface area contributed by atoms with Gasteiger partial charge >= 0.3 is 0 Å². The van der Waals surface area contributed by atoms with Crippen LogP contribution in [-0.4, -0.2) is 41.1 Å². The normalized spacial score (nSPS) is 15.1. The van der Waals surface area contributed by atoms with Crippen molar-refractivity contribution < 1.29 is 13.7 Å². The molecule has 0 unspecified atom stereocenters. The van der Waals surface area contributed by atoms with Gasteiger partial charge in [-0.15, -0.1) is 0 Å². The van der Waals surface area contributed by atoms with Crippen molar-refractivity contribution in [1.29, 1.82) is 0 Å². The fourth-order valence-electron chi connectivity index (χ4n) is 2.58. The summed E-state index contributed by atoms with van der Waals surface area (Å²) in [5.74, 6) is 0.469. The number of aryl methyl sites for hydroxylation is 2. The van der Waals surface area contributed by atoms with Gasteiger partial charge in [0.25, 0.3) is 0 Å². The number of anilines is 1. The second kappa shape index (κ2) is 7.57. The number of nitrogens with zero attached hydrogens (tertiary/aromatic N) is 3. The molecule has 1 N–H and O–H groups in total. The third kappa shape index (κ3) is 4.51. The van der Waals surface area contributed by atoms with Gasteiger partial charge in [0.05, 0.1) is 0 Å². The lowest BCUT2D eigenvalue weighted by Gasteiger charge is -2.19. The lowest BCUT2D eigenvalue weighted by molar-refractivity contribution is -0.116. The van der Waals surface area contributed by atoms with Crippen LogP contribution in [0.25, 0.3) is 5.57 Å². The Labute approximate surface area is 145 Å². The van der Waals surface area contributed by atoms with Crippen LogP contribution in [0.3, 0.4) is 0 Å². The second-order valence-electron chi connectivity index (χ2n) is 6.27. The first-order chi connectivity index (χ1) is 12.0. The van der Waals surface area contributed by atoms with Gasteiger partial charge in [-0.05, 0) is 43.7 Å². The molecule has 0 spiro atoms. The number of rotatable bonds is 5. The molecule has 132 valence electrons. The molecule has 2 aromatic rings. The predicted molar refractivity (Wildman–Crippen MR) is 92.5 cm³/mol. The molecule has 0 radical (unpaired) electrons. The molecule has 0 fully saturated rings. The number of carbonyl (C=O) groups is 1. The van der Waals surface area contributed by atoms with Crippen LogP contribution in [0.15, 0.2) is 28.8 Å². The van der Waals surface area contributed by atoms with Crippen molar-refractivity contribution in [2.45, 2.75) is 26.2 Å². The topological polar surface area (TPSA) is 71.3 Å². The molecule has 1 aromatic heterocycles. The molecule has 3 rings (SSSR count). The average molecular weight is 344 g/mol. The summed E-state index contributed by atoms with van der Waals surface area (Å²) >= 11 is 0. The van der Waals surface area contributed by atoms with Gasteiger partial charge in [0.1, 0.15) is 5.82 Å². The minimum Gasteiger partial charge on any atom is -0.339 e. The summed E-state index contributed by atoms with van der Waals surface area (Å²) in [5.41, 5.74) is 2.06. The first-order valence-corrected chi connectivity index (χ1v) is 8.28. The molecule has 1 aliphatic heterocycles. The molecule has 6 nitrogen and oxygen atoms in total. The molecular formula is C18H21FN4O2. The van der Waals surface area contributed by atoms with Gasteiger partial charge in [-0.2, -0.15) is 4.98 Å². The van der Waals surface area contributed by atoms with Crippen LogP contribution < -0.4 is 5.32 Å². The van der Waals surface area contributed by atoms with Crippen molar-refractivity contribution in [1.82, 2.24) is 15.0 Å². The molecular weight excluding hydrogens is 323 g/mol. The van der Waals surface area contributed by atoms with Crippen LogP contribution in [-0.2, 0) is 11.2 Å². The van der Waals surface area contributed by atoms with Crippen molar-refractivity contribution in [3.8, 4) is 0 Å². The highest BCUT2D eigenvalue weighted by Gasteiger charge is 2.16. The monoisotopic (exact) mass is 344 g/mol. The number of nitrogens with one attached hydrogen (secondary N) is 1. The molecule has 7 heteroatoms. The zero-order valence-corrected chi connectivity index (χ0v) is 14.4. The van der Waals surface area contributed by atoms with Gasteiger partial charge in [0, 0.05) is 31.6 Å². The summed E-state index contributed by atoms with van der Waals surface area (Å²) in [6.07, 6.45) is 3.52. The highest BCUT2D eigenvalue weighted by Crippen LogP contribution is 2.19. The van der Waals surface area contributed by atoms with Crippen LogP contribution >= 0.6 is 0 Å². The number of hydrogen-bond acceptors (Lipinski definition) is 5. The van der Waals surface area contributed by atoms with Gasteiger partial charge in [-0.1, -0.05) is 17.3 Å². The zero-order valence-electron chi connectivity index (χ0n) is 14.4. The molecule has 0 saturated heterocycles. The number of hydrogen-bond donors (Lipinski definition) is 1. The number of benzene rings is 1. The summed E-state index contributed by atoms with van der Waals surface area (Å²) in [6.45, 7) is 3.51. The highest BCUT2D eigenvalue weighted by atomic mass is 19.1. The molecule has 25 heavy (non-hydrogen) atoms. The third-order valence-electron chi connectivity index (χ3n) is 4.19. The Kier molecular flexibility index (Phi) is 5.23. The number of halogens is 1. The van der Waals surface area contributed by atoms with Gasteiger partial charge in [-0.3, -0.25) is 4.79 Å². The second-order valence-corrected chi connectivity index (χ2v) is 6.27. The minimum atomic E-state index is -0.342. The first-order valence-electron chi connectivity index (χ1n) is 8.28. The quantitative estimate of drug-likeness (QED) is 0.903. The first kappa shape index (κ1) is 17.3. The van der Waals surface area contributed by atoms with Crippen molar-refractivity contribution in [2.75, 3.05) is 25.5 Å². The van der Waals surface area contributed by atoms with Crippen LogP contribution in [0.4, 0.5) is 10.1 Å². The van der Waals surface area contributed by atoms with E-state index in [9.17, 15) is 9.18 Å². The van der Waals surface area contributed by atoms with E-state index >= 15 is 0 Å². The Balaban J connectivity index is 1.53. The van der Waals surface area contributed by atoms with E-state index in [1.54, 1.807) is 19.1 Å². The van der Waals surface area contributed by atoms with Crippen LogP contribution in [0.5, 0.6) is 0 Å². The van der Waals surface area contributed by atoms with Crippen LogP contribution in [0.2, 0.25) is 0 Å². The van der Waals surface area contributed by atoms with E-state index in [4.69, 9.17) is 4.52 Å². The van der Waals surface area contributed by atoms with E-state index in [0.29, 0.717) is 29.4 Å². The van der Waals surface area contributed by atoms with Gasteiger partial charge in [0.15, 0.2) is 5.82 Å². The molecule has 1 aromatic carbocycles. The summed E-state index contributed by atoms with van der Waals surface area (Å²) in [4.78, 5) is 18.6. The third-order valence-corrected chi connectivity index (χ3v) is 4.19. The maximum atomic E-state index is 13.5. The van der Waals surface area contributed by atoms with Crippen LogP contribution in [0.1, 0.15) is 30.1 Å². The van der Waals surface area contributed by atoms with E-state index in [1.807, 2.05) is 0 Å². The highest BCUT2D eigenvalue weighted by molar-refractivity contribution is 5.90. The number of carbonyl (C=O) groups excluding carboxylic acids is 1. The van der Waals surface area contributed by atoms with E-state index in [0.717, 1.165) is 25.1 Å². The summed E-state index contributed by atoms with van der Waals surface area (Å²) < 4.78 is 18.7. The maximum absolute atomic E-state index is 13.5. The number of aromatic nitrogens is 2. The number of likely N-dealkylation sites (N-methyl/N-ethyl adjacent to an activating group) is 1. The SMILES string of the molecule is Cc1ccc(NC(=O)CCc2nc(C3=CCN(C)CC3)no2)cc1F. The largest absolute Gasteiger partial charge is 0.339 e. The Hall–Kier alpha value is -2.54. The summed E-state index contributed by atoms with van der Waals surface area (Å²) in [6, 6.07) is 4.61. The molecule has 1 amide bonds. The van der Waals surface area contributed by atoms with Gasteiger partial charge < -0.3 is 14.7 Å². The summed E-state index contributed by atoms with van der Waals surface area (Å²) in [7, 11) is 2.06. The Morgan fingerprint density at radius 3 is 3.00 bits per heavy atom. The van der Waals surface area contributed by atoms with E-state index in [-0.39, 0.29) is 18.1 Å². The van der Waals surface area contributed by atoms with Gasteiger partial charge in [-0.25, -0.2) is 4.39 Å². The molecule has 0 bridgehead atoms. The lowest BCUT2D eigenvalue weighted by atomic mass is 10.1. The van der Waals surface area contributed by atoms with E-state index in [1.165, 1.54) is 6.07 Å². The Morgan fingerprint density at radius 2 is 2.28 bits per heavy atom. The molecule has 0 saturated carbocycles. The maximum Gasteiger partial charge on any atom is 0.227 e. The predicted octanol–water partition coefficient (Wildman–Crippen LogP) is 2.81. The standard InChI is InChI=1S/C18H21FN4O2/c1-12-3-4-14(11-15(12)19)20-16(24)5-6-17-21-18(22-25-17)13-7-9-23(2)10-8-13/h3-4,7,11H,5-6,8-10H2,1-2H3,(H,20,24). The van der Waals surface area contributed by atoms with Crippen molar-refractivity contribution in [2.24, 2.45) is 0 Å². The fourth-order valence-corrected chi connectivity index (χ4v) is 2.58. The van der Waals surface area contributed by atoms with E-state index in [2.05, 4.69) is 33.5 Å². The zero-order chi connectivity index (χ0) is 17.8. The van der Waals surface area contributed by atoms with Crippen LogP contribution in [0, 0.1) is 12.7 Å². The Morgan fingerprint density at radius 1 is 1.44 bits per heavy atom. The fraction of sp³-hybridized carbons (Fsp3) is 0.389. The minimum absolute atomic E-state index is 0.193. The van der Waals surface area contributed by atoms with Crippen molar-refractivity contribution in [3.05, 3.63) is 47.4 Å². The van der Waals surface area contributed by atoms with Crippen molar-refractivity contribution >= 4 is 17.2 Å². The van der Waals surface area contributed by atoms with E-state index < -0.39 is 0 Å². The summed E-state index contributed by atoms with van der Waals surface area (Å²) in [5, 5.41) is 6.66. The number of amides is 1. The smallest absolute Gasteiger partial charge is 0.227 e. The Bertz CT molecular complexity index is 800. The molecule has 0 atom stereocenters. The molecule has 0 aliphatic carbocycles. The molecule has 1 aliphatic rings.